The second kappa shape index (κ2) is 8.32. The second-order valence-corrected chi connectivity index (χ2v) is 5.34. The fourth-order valence-corrected chi connectivity index (χ4v) is 1.74. The minimum atomic E-state index is 0.884. The van der Waals surface area contributed by atoms with Gasteiger partial charge in [0.1, 0.15) is 0 Å². The Kier molecular flexibility index (Phi) is 8.32. The molecule has 1 aliphatic carbocycles. The summed E-state index contributed by atoms with van der Waals surface area (Å²) in [5.74, 6) is 2.98. The molecule has 86 valence electrons. The van der Waals surface area contributed by atoms with E-state index in [-0.39, 0.29) is 0 Å². The van der Waals surface area contributed by atoms with Crippen LogP contribution in [0.1, 0.15) is 73.1 Å². The zero-order valence-electron chi connectivity index (χ0n) is 11.0. The average Bonchev–Trinajstić information content (AvgIpc) is 2.20. The van der Waals surface area contributed by atoms with Gasteiger partial charge in [0.05, 0.1) is 0 Å². The first-order valence-corrected chi connectivity index (χ1v) is 6.60. The molecule has 0 N–H and O–H groups in total. The number of hydrogen-bond acceptors (Lipinski definition) is 0. The molecule has 1 rings (SSSR count). The Morgan fingerprint density at radius 3 is 1.71 bits per heavy atom. The summed E-state index contributed by atoms with van der Waals surface area (Å²) in [6.45, 7) is 11.3. The second-order valence-electron chi connectivity index (χ2n) is 5.34. The van der Waals surface area contributed by atoms with Gasteiger partial charge in [0.15, 0.2) is 0 Å². The summed E-state index contributed by atoms with van der Waals surface area (Å²) in [6, 6.07) is 0. The molecule has 0 heterocycles. The van der Waals surface area contributed by atoms with Gasteiger partial charge in [-0.15, -0.1) is 0 Å². The molecule has 0 atom stereocenters. The van der Waals surface area contributed by atoms with Gasteiger partial charge in [-0.2, -0.15) is 0 Å². The van der Waals surface area contributed by atoms with Crippen LogP contribution in [0.5, 0.6) is 0 Å². The fraction of sp³-hybridized carbons (Fsp3) is 1.00. The summed E-state index contributed by atoms with van der Waals surface area (Å²) in [5, 5.41) is 0. The van der Waals surface area contributed by atoms with Gasteiger partial charge in [0.2, 0.25) is 0 Å². The van der Waals surface area contributed by atoms with Gasteiger partial charge in [0.25, 0.3) is 0 Å². The van der Waals surface area contributed by atoms with Gasteiger partial charge in [-0.1, -0.05) is 73.1 Å². The van der Waals surface area contributed by atoms with E-state index in [1.54, 1.807) is 0 Å². The van der Waals surface area contributed by atoms with E-state index in [1.165, 1.54) is 38.5 Å². The molecule has 0 unspecified atom stereocenters. The molecular formula is C14H30. The van der Waals surface area contributed by atoms with Crippen molar-refractivity contribution in [1.82, 2.24) is 0 Å². The van der Waals surface area contributed by atoms with Crippen molar-refractivity contribution in [2.45, 2.75) is 73.1 Å². The van der Waals surface area contributed by atoms with Crippen LogP contribution in [-0.4, -0.2) is 0 Å². The Balaban J connectivity index is 0.000000292. The zero-order chi connectivity index (χ0) is 11.0. The van der Waals surface area contributed by atoms with E-state index in [0.29, 0.717) is 0 Å². The van der Waals surface area contributed by atoms with Crippen molar-refractivity contribution in [3.63, 3.8) is 0 Å². The van der Waals surface area contributed by atoms with Crippen molar-refractivity contribution >= 4 is 0 Å². The Bertz CT molecular complexity index is 107. The molecule has 14 heavy (non-hydrogen) atoms. The number of rotatable bonds is 2. The van der Waals surface area contributed by atoms with Gasteiger partial charge < -0.3 is 0 Å². The molecule has 1 aliphatic rings. The van der Waals surface area contributed by atoms with Crippen molar-refractivity contribution in [3.05, 3.63) is 0 Å². The van der Waals surface area contributed by atoms with E-state index in [4.69, 9.17) is 0 Å². The largest absolute Gasteiger partial charge is 0.0651 e. The molecule has 0 amide bonds. The molecule has 1 fully saturated rings. The van der Waals surface area contributed by atoms with Crippen molar-refractivity contribution in [2.24, 2.45) is 17.8 Å². The maximum Gasteiger partial charge on any atom is -0.0417 e. The molecule has 0 bridgehead atoms. The normalized spacial score (nSPS) is 27.0. The summed E-state index contributed by atoms with van der Waals surface area (Å²) in [4.78, 5) is 0. The first-order chi connectivity index (χ1) is 6.60. The maximum absolute atomic E-state index is 2.38. The minimum Gasteiger partial charge on any atom is -0.0651 e. The van der Waals surface area contributed by atoms with Gasteiger partial charge in [-0.3, -0.25) is 0 Å². The van der Waals surface area contributed by atoms with Crippen LogP contribution in [0.15, 0.2) is 0 Å². The predicted molar refractivity (Wildman–Crippen MR) is 66.5 cm³/mol. The highest BCUT2D eigenvalue weighted by molar-refractivity contribution is 4.68. The Morgan fingerprint density at radius 2 is 1.43 bits per heavy atom. The quantitative estimate of drug-likeness (QED) is 0.566. The fourth-order valence-electron chi connectivity index (χ4n) is 1.74. The van der Waals surface area contributed by atoms with Crippen LogP contribution >= 0.6 is 0 Å². The van der Waals surface area contributed by atoms with E-state index in [9.17, 15) is 0 Å². The molecule has 0 spiro atoms. The zero-order valence-corrected chi connectivity index (χ0v) is 11.0. The monoisotopic (exact) mass is 198 g/mol. The van der Waals surface area contributed by atoms with E-state index in [2.05, 4.69) is 34.6 Å². The van der Waals surface area contributed by atoms with Crippen molar-refractivity contribution in [3.8, 4) is 0 Å². The van der Waals surface area contributed by atoms with E-state index >= 15 is 0 Å². The Morgan fingerprint density at radius 1 is 1.00 bits per heavy atom. The minimum absolute atomic E-state index is 0.884. The lowest BCUT2D eigenvalue weighted by Crippen LogP contribution is -2.10. The summed E-state index contributed by atoms with van der Waals surface area (Å²) in [7, 11) is 0. The summed E-state index contributed by atoms with van der Waals surface area (Å²) < 4.78 is 0. The SMILES string of the molecule is CCC(C)C.CCC1CCC(C)CC1. The maximum atomic E-state index is 2.38. The van der Waals surface area contributed by atoms with Crippen molar-refractivity contribution in [2.75, 3.05) is 0 Å². The molecule has 0 saturated heterocycles. The summed E-state index contributed by atoms with van der Waals surface area (Å²) in [5.41, 5.74) is 0. The van der Waals surface area contributed by atoms with Crippen LogP contribution in [0.3, 0.4) is 0 Å². The van der Waals surface area contributed by atoms with E-state index < -0.39 is 0 Å². The third-order valence-electron chi connectivity index (χ3n) is 3.53. The average molecular weight is 198 g/mol. The lowest BCUT2D eigenvalue weighted by atomic mass is 9.82. The molecule has 0 heteroatoms. The molecule has 0 aromatic carbocycles. The van der Waals surface area contributed by atoms with Crippen LogP contribution in [0.2, 0.25) is 0 Å². The summed E-state index contributed by atoms with van der Waals surface area (Å²) in [6.07, 6.45) is 8.68. The van der Waals surface area contributed by atoms with Crippen molar-refractivity contribution in [1.29, 1.82) is 0 Å². The molecule has 1 saturated carbocycles. The van der Waals surface area contributed by atoms with Gasteiger partial charge in [-0.25, -0.2) is 0 Å². The summed E-state index contributed by atoms with van der Waals surface area (Å²) >= 11 is 0. The Labute approximate surface area is 91.5 Å². The predicted octanol–water partition coefficient (Wildman–Crippen LogP) is 5.28. The standard InChI is InChI=1S/C9H18.C5H12/c1-3-9-6-4-8(2)5-7-9;1-4-5(2)3/h8-9H,3-7H2,1-2H3;5H,4H2,1-3H3. The van der Waals surface area contributed by atoms with Gasteiger partial charge >= 0.3 is 0 Å². The molecule has 0 nitrogen and oxygen atoms in total. The van der Waals surface area contributed by atoms with Crippen LogP contribution in [0.25, 0.3) is 0 Å². The third-order valence-corrected chi connectivity index (χ3v) is 3.53. The molecular weight excluding hydrogens is 168 g/mol. The van der Waals surface area contributed by atoms with Crippen LogP contribution < -0.4 is 0 Å². The van der Waals surface area contributed by atoms with Gasteiger partial charge in [0, 0.05) is 0 Å². The highest BCUT2D eigenvalue weighted by Crippen LogP contribution is 2.29. The number of hydrogen-bond donors (Lipinski definition) is 0. The smallest absolute Gasteiger partial charge is 0.0417 e. The molecule has 0 aromatic heterocycles. The van der Waals surface area contributed by atoms with Gasteiger partial charge in [-0.05, 0) is 17.8 Å². The topological polar surface area (TPSA) is 0 Å². The van der Waals surface area contributed by atoms with Crippen LogP contribution in [-0.2, 0) is 0 Å². The van der Waals surface area contributed by atoms with Crippen LogP contribution in [0.4, 0.5) is 0 Å². The highest BCUT2D eigenvalue weighted by Gasteiger charge is 2.15. The van der Waals surface area contributed by atoms with Crippen LogP contribution in [0, 0.1) is 17.8 Å². The molecule has 0 aliphatic heterocycles. The Hall–Kier alpha value is 0. The first-order valence-electron chi connectivity index (χ1n) is 6.60. The van der Waals surface area contributed by atoms with E-state index in [1.807, 2.05) is 0 Å². The lowest BCUT2D eigenvalue weighted by molar-refractivity contribution is 0.284. The van der Waals surface area contributed by atoms with Crippen molar-refractivity contribution < 1.29 is 0 Å². The highest BCUT2D eigenvalue weighted by atomic mass is 14.2. The molecule has 0 radical (unpaired) electrons. The first kappa shape index (κ1) is 14.0. The third kappa shape index (κ3) is 7.41. The molecule has 0 aromatic rings. The van der Waals surface area contributed by atoms with E-state index in [0.717, 1.165) is 17.8 Å². The lowest BCUT2D eigenvalue weighted by Gasteiger charge is -2.24.